The van der Waals surface area contributed by atoms with Crippen molar-refractivity contribution in [2.24, 2.45) is 0 Å². The number of hydrogen-bond acceptors (Lipinski definition) is 5. The molecule has 3 unspecified atom stereocenters. The van der Waals surface area contributed by atoms with Crippen LogP contribution < -0.4 is 20.3 Å². The van der Waals surface area contributed by atoms with Crippen LogP contribution >= 0.6 is 0 Å². The SMILES string of the molecule is CC1Oc2ccc(N3C(=O)NC(C(C)O)C3=O)cc2NC1=O. The summed E-state index contributed by atoms with van der Waals surface area (Å²) in [5.74, 6) is -0.380. The van der Waals surface area contributed by atoms with E-state index in [0.29, 0.717) is 17.1 Å². The number of nitrogens with zero attached hydrogens (tertiary/aromatic N) is 1. The molecule has 0 aromatic heterocycles. The smallest absolute Gasteiger partial charge is 0.329 e. The molecule has 2 aliphatic heterocycles. The molecular weight excluding hydrogens is 290 g/mol. The molecule has 3 rings (SSSR count). The highest BCUT2D eigenvalue weighted by Gasteiger charge is 2.41. The number of ether oxygens (including phenoxy) is 1. The summed E-state index contributed by atoms with van der Waals surface area (Å²) >= 11 is 0. The van der Waals surface area contributed by atoms with Gasteiger partial charge in [-0.15, -0.1) is 0 Å². The number of anilines is 2. The predicted molar refractivity (Wildman–Crippen MR) is 76.6 cm³/mol. The summed E-state index contributed by atoms with van der Waals surface area (Å²) in [4.78, 5) is 36.7. The van der Waals surface area contributed by atoms with Crippen molar-refractivity contribution in [3.05, 3.63) is 18.2 Å². The van der Waals surface area contributed by atoms with Gasteiger partial charge in [-0.3, -0.25) is 9.59 Å². The fraction of sp³-hybridized carbons (Fsp3) is 0.357. The summed E-state index contributed by atoms with van der Waals surface area (Å²) in [6.07, 6.45) is -1.60. The Morgan fingerprint density at radius 1 is 1.32 bits per heavy atom. The van der Waals surface area contributed by atoms with E-state index in [2.05, 4.69) is 10.6 Å². The Bertz CT molecular complexity index is 672. The first kappa shape index (κ1) is 14.3. The third-order valence-electron chi connectivity index (χ3n) is 3.60. The lowest BCUT2D eigenvalue weighted by molar-refractivity contribution is -0.122. The highest BCUT2D eigenvalue weighted by Crippen LogP contribution is 2.34. The molecule has 2 heterocycles. The Labute approximate surface area is 126 Å². The number of aliphatic hydroxyl groups is 1. The summed E-state index contributed by atoms with van der Waals surface area (Å²) in [5, 5.41) is 14.6. The first-order valence-corrected chi connectivity index (χ1v) is 6.82. The number of rotatable bonds is 2. The first-order valence-electron chi connectivity index (χ1n) is 6.82. The van der Waals surface area contributed by atoms with Crippen LogP contribution in [-0.4, -0.2) is 41.2 Å². The number of imide groups is 1. The number of fused-ring (bicyclic) bond motifs is 1. The number of urea groups is 1. The lowest BCUT2D eigenvalue weighted by Crippen LogP contribution is -2.39. The molecule has 1 aromatic rings. The molecule has 8 heteroatoms. The molecule has 116 valence electrons. The van der Waals surface area contributed by atoms with Crippen LogP contribution in [0.15, 0.2) is 18.2 Å². The Morgan fingerprint density at radius 3 is 2.68 bits per heavy atom. The Hall–Kier alpha value is -2.61. The maximum Gasteiger partial charge on any atom is 0.329 e. The van der Waals surface area contributed by atoms with E-state index in [0.717, 1.165) is 4.90 Å². The van der Waals surface area contributed by atoms with E-state index in [4.69, 9.17) is 4.74 Å². The highest BCUT2D eigenvalue weighted by atomic mass is 16.5. The molecule has 0 spiro atoms. The van der Waals surface area contributed by atoms with Gasteiger partial charge in [-0.05, 0) is 32.0 Å². The highest BCUT2D eigenvalue weighted by molar-refractivity contribution is 6.21. The number of hydrogen-bond donors (Lipinski definition) is 3. The van der Waals surface area contributed by atoms with Gasteiger partial charge in [-0.1, -0.05) is 0 Å². The maximum absolute atomic E-state index is 12.2. The van der Waals surface area contributed by atoms with Crippen molar-refractivity contribution in [2.75, 3.05) is 10.2 Å². The van der Waals surface area contributed by atoms with Gasteiger partial charge in [0.1, 0.15) is 11.8 Å². The fourth-order valence-corrected chi connectivity index (χ4v) is 2.41. The Morgan fingerprint density at radius 2 is 2.05 bits per heavy atom. The van der Waals surface area contributed by atoms with E-state index in [1.807, 2.05) is 0 Å². The molecule has 1 aromatic carbocycles. The molecule has 8 nitrogen and oxygen atoms in total. The zero-order valence-electron chi connectivity index (χ0n) is 12.0. The Kier molecular flexibility index (Phi) is 3.25. The molecule has 3 N–H and O–H groups in total. The molecular formula is C14H15N3O5. The average Bonchev–Trinajstić information content (AvgIpc) is 2.75. The van der Waals surface area contributed by atoms with E-state index < -0.39 is 30.2 Å². The van der Waals surface area contributed by atoms with Gasteiger partial charge in [0.25, 0.3) is 11.8 Å². The quantitative estimate of drug-likeness (QED) is 0.677. The average molecular weight is 305 g/mol. The maximum atomic E-state index is 12.2. The number of carbonyl (C=O) groups is 3. The molecule has 2 aliphatic rings. The van der Waals surface area contributed by atoms with Gasteiger partial charge in [0.15, 0.2) is 6.10 Å². The van der Waals surface area contributed by atoms with Crippen LogP contribution in [-0.2, 0) is 9.59 Å². The summed E-state index contributed by atoms with van der Waals surface area (Å²) in [5.41, 5.74) is 0.685. The number of nitrogens with one attached hydrogen (secondary N) is 2. The van der Waals surface area contributed by atoms with Crippen molar-refractivity contribution in [1.82, 2.24) is 5.32 Å². The van der Waals surface area contributed by atoms with Crippen LogP contribution in [0.25, 0.3) is 0 Å². The van der Waals surface area contributed by atoms with Crippen molar-refractivity contribution in [3.8, 4) is 5.75 Å². The summed E-state index contributed by atoms with van der Waals surface area (Å²) < 4.78 is 5.42. The van der Waals surface area contributed by atoms with Crippen molar-refractivity contribution in [2.45, 2.75) is 32.1 Å². The third-order valence-corrected chi connectivity index (χ3v) is 3.60. The van der Waals surface area contributed by atoms with Gasteiger partial charge in [-0.25, -0.2) is 9.69 Å². The molecule has 1 fully saturated rings. The predicted octanol–water partition coefficient (Wildman–Crippen LogP) is 0.212. The lowest BCUT2D eigenvalue weighted by Gasteiger charge is -2.24. The van der Waals surface area contributed by atoms with E-state index >= 15 is 0 Å². The normalized spacial score (nSPS) is 25.2. The van der Waals surface area contributed by atoms with Gasteiger partial charge in [0.2, 0.25) is 0 Å². The van der Waals surface area contributed by atoms with Crippen LogP contribution in [0.4, 0.5) is 16.2 Å². The topological polar surface area (TPSA) is 108 Å². The lowest BCUT2D eigenvalue weighted by atomic mass is 10.1. The minimum absolute atomic E-state index is 0.294. The molecule has 3 atom stereocenters. The number of carbonyl (C=O) groups excluding carboxylic acids is 3. The number of amides is 4. The minimum atomic E-state index is -0.997. The number of aliphatic hydroxyl groups excluding tert-OH is 1. The molecule has 0 radical (unpaired) electrons. The van der Waals surface area contributed by atoms with Gasteiger partial charge < -0.3 is 20.5 Å². The van der Waals surface area contributed by atoms with Gasteiger partial charge >= 0.3 is 6.03 Å². The van der Waals surface area contributed by atoms with E-state index in [9.17, 15) is 19.5 Å². The monoisotopic (exact) mass is 305 g/mol. The molecule has 4 amide bonds. The van der Waals surface area contributed by atoms with Crippen molar-refractivity contribution >= 4 is 29.2 Å². The zero-order chi connectivity index (χ0) is 16.0. The van der Waals surface area contributed by atoms with Crippen molar-refractivity contribution in [3.63, 3.8) is 0 Å². The van der Waals surface area contributed by atoms with E-state index in [-0.39, 0.29) is 5.91 Å². The second kappa shape index (κ2) is 4.99. The molecule has 0 bridgehead atoms. The van der Waals surface area contributed by atoms with Crippen LogP contribution in [0, 0.1) is 0 Å². The standard InChI is InChI=1S/C14H15N3O5/c1-6(18)11-13(20)17(14(21)16-11)8-3-4-10-9(5-8)15-12(19)7(2)22-10/h3-7,11,18H,1-2H3,(H,15,19)(H,16,21). The van der Waals surface area contributed by atoms with Crippen LogP contribution in [0.3, 0.4) is 0 Å². The Balaban J connectivity index is 1.93. The summed E-state index contributed by atoms with van der Waals surface area (Å²) in [6, 6.07) is 3.02. The molecule has 0 aliphatic carbocycles. The van der Waals surface area contributed by atoms with Crippen LogP contribution in [0.1, 0.15) is 13.8 Å². The molecule has 0 saturated carbocycles. The van der Waals surface area contributed by atoms with Gasteiger partial charge in [0.05, 0.1) is 17.5 Å². The number of benzene rings is 1. The van der Waals surface area contributed by atoms with Crippen LogP contribution in [0.5, 0.6) is 5.75 Å². The van der Waals surface area contributed by atoms with E-state index in [1.54, 1.807) is 19.1 Å². The van der Waals surface area contributed by atoms with E-state index in [1.165, 1.54) is 13.0 Å². The minimum Gasteiger partial charge on any atom is -0.479 e. The second-order valence-corrected chi connectivity index (χ2v) is 5.27. The summed E-state index contributed by atoms with van der Waals surface area (Å²) in [7, 11) is 0. The third kappa shape index (κ3) is 2.17. The zero-order valence-corrected chi connectivity index (χ0v) is 12.0. The largest absolute Gasteiger partial charge is 0.479 e. The van der Waals surface area contributed by atoms with Crippen LogP contribution in [0.2, 0.25) is 0 Å². The van der Waals surface area contributed by atoms with Gasteiger partial charge in [-0.2, -0.15) is 0 Å². The molecule has 22 heavy (non-hydrogen) atoms. The van der Waals surface area contributed by atoms with Crippen molar-refractivity contribution in [1.29, 1.82) is 0 Å². The second-order valence-electron chi connectivity index (χ2n) is 5.27. The van der Waals surface area contributed by atoms with Gasteiger partial charge in [0, 0.05) is 0 Å². The first-order chi connectivity index (χ1) is 10.4. The summed E-state index contributed by atoms with van der Waals surface area (Å²) in [6.45, 7) is 3.05. The van der Waals surface area contributed by atoms with Crippen molar-refractivity contribution < 1.29 is 24.2 Å². The fourth-order valence-electron chi connectivity index (χ4n) is 2.41. The molecule has 1 saturated heterocycles.